The maximum Gasteiger partial charge on any atom is 0.164 e. The fourth-order valence-corrected chi connectivity index (χ4v) is 5.04. The standard InChI is InChI=1S/C33H20ClN3/c34-28-16-17-29-25(20-28)10-5-11-30(29)33-36-31(26-14-12-21-6-1-3-8-23(21)18-26)35-32(37-33)27-15-13-22-7-2-4-9-24(22)19-27/h1-20H. The molecule has 0 radical (unpaired) electrons. The highest BCUT2D eigenvalue weighted by Gasteiger charge is 2.15. The van der Waals surface area contributed by atoms with E-state index < -0.39 is 0 Å². The molecule has 0 fully saturated rings. The van der Waals surface area contributed by atoms with Crippen LogP contribution in [0.2, 0.25) is 5.02 Å². The fourth-order valence-electron chi connectivity index (χ4n) is 4.86. The molecule has 0 N–H and O–H groups in total. The van der Waals surface area contributed by atoms with Gasteiger partial charge in [0.25, 0.3) is 0 Å². The van der Waals surface area contributed by atoms with Crippen molar-refractivity contribution in [3.63, 3.8) is 0 Å². The lowest BCUT2D eigenvalue weighted by molar-refractivity contribution is 1.08. The maximum absolute atomic E-state index is 6.28. The fraction of sp³-hybridized carbons (Fsp3) is 0. The number of nitrogens with zero attached hydrogens (tertiary/aromatic N) is 3. The van der Waals surface area contributed by atoms with E-state index in [-0.39, 0.29) is 0 Å². The largest absolute Gasteiger partial charge is 0.208 e. The van der Waals surface area contributed by atoms with Gasteiger partial charge in [-0.2, -0.15) is 0 Å². The van der Waals surface area contributed by atoms with Crippen LogP contribution in [0.5, 0.6) is 0 Å². The van der Waals surface area contributed by atoms with Crippen LogP contribution in [0.15, 0.2) is 121 Å². The minimum Gasteiger partial charge on any atom is -0.208 e. The molecule has 0 unspecified atom stereocenters. The van der Waals surface area contributed by atoms with Gasteiger partial charge in [-0.3, -0.25) is 0 Å². The molecule has 3 nitrogen and oxygen atoms in total. The quantitative estimate of drug-likeness (QED) is 0.246. The first-order chi connectivity index (χ1) is 18.2. The van der Waals surface area contributed by atoms with Crippen LogP contribution in [0.25, 0.3) is 66.5 Å². The summed E-state index contributed by atoms with van der Waals surface area (Å²) in [5.74, 6) is 1.92. The second-order valence-corrected chi connectivity index (χ2v) is 9.54. The molecule has 0 bridgehead atoms. The third kappa shape index (κ3) is 4.00. The molecule has 0 aliphatic rings. The summed E-state index contributed by atoms with van der Waals surface area (Å²) in [7, 11) is 0. The third-order valence-corrected chi connectivity index (χ3v) is 6.97. The predicted octanol–water partition coefficient (Wildman–Crippen LogP) is 8.99. The first-order valence-corrected chi connectivity index (χ1v) is 12.5. The molecule has 1 aromatic heterocycles. The van der Waals surface area contributed by atoms with Crippen molar-refractivity contribution in [3.05, 3.63) is 126 Å². The van der Waals surface area contributed by atoms with E-state index in [9.17, 15) is 0 Å². The third-order valence-electron chi connectivity index (χ3n) is 6.73. The summed E-state index contributed by atoms with van der Waals surface area (Å²) in [4.78, 5) is 14.9. The van der Waals surface area contributed by atoms with Gasteiger partial charge in [-0.1, -0.05) is 109 Å². The molecule has 0 amide bonds. The SMILES string of the molecule is Clc1ccc2c(-c3nc(-c4ccc5ccccc5c4)nc(-c4ccc5ccccc5c4)n3)cccc2c1. The highest BCUT2D eigenvalue weighted by atomic mass is 35.5. The van der Waals surface area contributed by atoms with Gasteiger partial charge in [0.1, 0.15) is 0 Å². The van der Waals surface area contributed by atoms with Crippen LogP contribution in [-0.4, -0.2) is 15.0 Å². The summed E-state index contributed by atoms with van der Waals surface area (Å²) in [5.41, 5.74) is 2.85. The Labute approximate surface area is 219 Å². The molecule has 0 spiro atoms. The van der Waals surface area contributed by atoms with Crippen molar-refractivity contribution < 1.29 is 0 Å². The summed E-state index contributed by atoms with van der Waals surface area (Å²) in [6.45, 7) is 0. The average molecular weight is 494 g/mol. The summed E-state index contributed by atoms with van der Waals surface area (Å²) < 4.78 is 0. The minimum atomic E-state index is 0.634. The highest BCUT2D eigenvalue weighted by Crippen LogP contribution is 2.32. The number of hydrogen-bond acceptors (Lipinski definition) is 3. The predicted molar refractivity (Wildman–Crippen MR) is 154 cm³/mol. The maximum atomic E-state index is 6.28. The Kier molecular flexibility index (Phi) is 5.16. The molecule has 0 saturated carbocycles. The summed E-state index contributed by atoms with van der Waals surface area (Å²) in [6, 6.07) is 41.3. The van der Waals surface area contributed by atoms with Gasteiger partial charge in [-0.25, -0.2) is 15.0 Å². The average Bonchev–Trinajstić information content (AvgIpc) is 2.96. The molecular weight excluding hydrogens is 474 g/mol. The molecule has 4 heteroatoms. The lowest BCUT2D eigenvalue weighted by atomic mass is 10.0. The number of aromatic nitrogens is 3. The van der Waals surface area contributed by atoms with Crippen molar-refractivity contribution in [1.29, 1.82) is 0 Å². The zero-order valence-corrected chi connectivity index (χ0v) is 20.5. The Hall–Kier alpha value is -4.60. The smallest absolute Gasteiger partial charge is 0.164 e. The van der Waals surface area contributed by atoms with Crippen LogP contribution in [0.1, 0.15) is 0 Å². The van der Waals surface area contributed by atoms with Crippen LogP contribution >= 0.6 is 11.6 Å². The van der Waals surface area contributed by atoms with E-state index in [1.807, 2.05) is 48.5 Å². The Morgan fingerprint density at radius 2 is 0.946 bits per heavy atom. The van der Waals surface area contributed by atoms with E-state index in [4.69, 9.17) is 26.6 Å². The second kappa shape index (κ2) is 8.81. The Balaban J connectivity index is 1.48. The minimum absolute atomic E-state index is 0.634. The molecule has 1 heterocycles. The molecule has 0 atom stereocenters. The number of hydrogen-bond donors (Lipinski definition) is 0. The van der Waals surface area contributed by atoms with Gasteiger partial charge in [-0.05, 0) is 56.6 Å². The Morgan fingerprint density at radius 1 is 0.405 bits per heavy atom. The number of fused-ring (bicyclic) bond motifs is 3. The summed E-state index contributed by atoms with van der Waals surface area (Å²) >= 11 is 6.28. The van der Waals surface area contributed by atoms with E-state index in [2.05, 4.69) is 72.8 Å². The van der Waals surface area contributed by atoms with Crippen molar-refractivity contribution in [2.24, 2.45) is 0 Å². The van der Waals surface area contributed by atoms with Crippen LogP contribution in [0.3, 0.4) is 0 Å². The second-order valence-electron chi connectivity index (χ2n) is 9.10. The van der Waals surface area contributed by atoms with Gasteiger partial charge in [0.05, 0.1) is 0 Å². The van der Waals surface area contributed by atoms with Crippen molar-refractivity contribution in [3.8, 4) is 34.2 Å². The van der Waals surface area contributed by atoms with E-state index in [0.717, 1.165) is 38.2 Å². The zero-order valence-electron chi connectivity index (χ0n) is 19.8. The molecule has 7 aromatic rings. The van der Waals surface area contributed by atoms with Gasteiger partial charge in [-0.15, -0.1) is 0 Å². The van der Waals surface area contributed by atoms with Gasteiger partial charge in [0.15, 0.2) is 17.5 Å². The van der Waals surface area contributed by atoms with Crippen LogP contribution in [0, 0.1) is 0 Å². The lowest BCUT2D eigenvalue weighted by Gasteiger charge is -2.11. The van der Waals surface area contributed by atoms with Gasteiger partial charge >= 0.3 is 0 Å². The molecule has 6 aromatic carbocycles. The Bertz CT molecular complexity index is 1860. The molecule has 0 aliphatic carbocycles. The monoisotopic (exact) mass is 493 g/mol. The lowest BCUT2D eigenvalue weighted by Crippen LogP contribution is -2.00. The van der Waals surface area contributed by atoms with E-state index in [1.165, 1.54) is 10.8 Å². The summed E-state index contributed by atoms with van der Waals surface area (Å²) in [5, 5.41) is 7.46. The van der Waals surface area contributed by atoms with Crippen molar-refractivity contribution >= 4 is 43.9 Å². The number of halogens is 1. The molecule has 174 valence electrons. The number of rotatable bonds is 3. The topological polar surface area (TPSA) is 38.7 Å². The van der Waals surface area contributed by atoms with E-state index in [1.54, 1.807) is 0 Å². The van der Waals surface area contributed by atoms with Crippen LogP contribution in [0.4, 0.5) is 0 Å². The van der Waals surface area contributed by atoms with Crippen molar-refractivity contribution in [2.75, 3.05) is 0 Å². The van der Waals surface area contributed by atoms with Gasteiger partial charge in [0.2, 0.25) is 0 Å². The van der Waals surface area contributed by atoms with Gasteiger partial charge in [0, 0.05) is 21.7 Å². The van der Waals surface area contributed by atoms with E-state index in [0.29, 0.717) is 22.5 Å². The zero-order chi connectivity index (χ0) is 24.8. The van der Waals surface area contributed by atoms with E-state index >= 15 is 0 Å². The van der Waals surface area contributed by atoms with Crippen LogP contribution < -0.4 is 0 Å². The molecule has 0 saturated heterocycles. The normalized spacial score (nSPS) is 11.4. The van der Waals surface area contributed by atoms with Crippen molar-refractivity contribution in [2.45, 2.75) is 0 Å². The molecule has 0 aliphatic heterocycles. The summed E-state index contributed by atoms with van der Waals surface area (Å²) in [6.07, 6.45) is 0. The molecular formula is C33H20ClN3. The molecule has 37 heavy (non-hydrogen) atoms. The first-order valence-electron chi connectivity index (χ1n) is 12.1. The highest BCUT2D eigenvalue weighted by molar-refractivity contribution is 6.31. The molecule has 7 rings (SSSR count). The number of benzene rings is 6. The van der Waals surface area contributed by atoms with Gasteiger partial charge < -0.3 is 0 Å². The Morgan fingerprint density at radius 3 is 1.57 bits per heavy atom. The first kappa shape index (κ1) is 21.7. The van der Waals surface area contributed by atoms with Crippen molar-refractivity contribution in [1.82, 2.24) is 15.0 Å². The van der Waals surface area contributed by atoms with Crippen LogP contribution in [-0.2, 0) is 0 Å².